The molecule has 110 valence electrons. The molecule has 1 unspecified atom stereocenters. The number of primary amides is 1. The van der Waals surface area contributed by atoms with Gasteiger partial charge in [0.25, 0.3) is 0 Å². The van der Waals surface area contributed by atoms with Crippen LogP contribution < -0.4 is 11.1 Å². The van der Waals surface area contributed by atoms with E-state index in [1.165, 1.54) is 24.3 Å². The van der Waals surface area contributed by atoms with Gasteiger partial charge in [-0.05, 0) is 41.8 Å². The van der Waals surface area contributed by atoms with Gasteiger partial charge in [-0.15, -0.1) is 0 Å². The van der Waals surface area contributed by atoms with E-state index in [4.69, 9.17) is 10.8 Å². The van der Waals surface area contributed by atoms with Gasteiger partial charge in [0.2, 0.25) is 5.91 Å². The van der Waals surface area contributed by atoms with Gasteiger partial charge < -0.3 is 16.2 Å². The van der Waals surface area contributed by atoms with Gasteiger partial charge in [-0.1, -0.05) is 24.3 Å². The highest BCUT2D eigenvalue weighted by molar-refractivity contribution is 5.84. The first-order valence-corrected chi connectivity index (χ1v) is 6.61. The number of carbonyl (C=O) groups is 1. The molecule has 4 nitrogen and oxygen atoms in total. The first-order valence-electron chi connectivity index (χ1n) is 6.61. The molecule has 1 atom stereocenters. The predicted octanol–water partition coefficient (Wildman–Crippen LogP) is 2.00. The molecule has 2 aromatic rings. The lowest BCUT2D eigenvalue weighted by Gasteiger charge is -2.17. The van der Waals surface area contributed by atoms with Crippen LogP contribution in [0, 0.1) is 5.82 Å². The second kappa shape index (κ2) is 6.85. The summed E-state index contributed by atoms with van der Waals surface area (Å²) in [5, 5.41) is 11.9. The first-order chi connectivity index (χ1) is 10.1. The SMILES string of the molecule is NC(=O)C(Nc1ccc(CCO)cc1)c1ccc(F)cc1. The predicted molar refractivity (Wildman–Crippen MR) is 79.2 cm³/mol. The maximum absolute atomic E-state index is 12.9. The van der Waals surface area contributed by atoms with Crippen LogP contribution in [0.15, 0.2) is 48.5 Å². The molecule has 2 aromatic carbocycles. The lowest BCUT2D eigenvalue weighted by Crippen LogP contribution is -2.27. The van der Waals surface area contributed by atoms with Gasteiger partial charge in [-0.3, -0.25) is 4.79 Å². The molecule has 5 heteroatoms. The van der Waals surface area contributed by atoms with Crippen molar-refractivity contribution in [3.8, 4) is 0 Å². The number of nitrogens with one attached hydrogen (secondary N) is 1. The van der Waals surface area contributed by atoms with Gasteiger partial charge in [0, 0.05) is 12.3 Å². The Morgan fingerprint density at radius 3 is 2.29 bits per heavy atom. The molecule has 21 heavy (non-hydrogen) atoms. The molecular formula is C16H17FN2O2. The van der Waals surface area contributed by atoms with Crippen LogP contribution in [0.25, 0.3) is 0 Å². The number of halogens is 1. The van der Waals surface area contributed by atoms with Crippen LogP contribution in [-0.2, 0) is 11.2 Å². The monoisotopic (exact) mass is 288 g/mol. The third kappa shape index (κ3) is 4.03. The van der Waals surface area contributed by atoms with Crippen molar-refractivity contribution >= 4 is 11.6 Å². The largest absolute Gasteiger partial charge is 0.396 e. The quantitative estimate of drug-likeness (QED) is 0.761. The van der Waals surface area contributed by atoms with Gasteiger partial charge in [-0.2, -0.15) is 0 Å². The molecule has 1 amide bonds. The Bertz CT molecular complexity index is 597. The Morgan fingerprint density at radius 1 is 1.14 bits per heavy atom. The summed E-state index contributed by atoms with van der Waals surface area (Å²) in [6.07, 6.45) is 0.581. The molecule has 0 aliphatic carbocycles. The van der Waals surface area contributed by atoms with Crippen molar-refractivity contribution in [1.29, 1.82) is 0 Å². The number of aliphatic hydroxyl groups is 1. The number of hydrogen-bond acceptors (Lipinski definition) is 3. The normalized spacial score (nSPS) is 11.9. The summed E-state index contributed by atoms with van der Waals surface area (Å²) in [7, 11) is 0. The number of anilines is 1. The smallest absolute Gasteiger partial charge is 0.244 e. The van der Waals surface area contributed by atoms with Crippen LogP contribution in [0.2, 0.25) is 0 Å². The maximum Gasteiger partial charge on any atom is 0.244 e. The van der Waals surface area contributed by atoms with Crippen LogP contribution in [0.4, 0.5) is 10.1 Å². The van der Waals surface area contributed by atoms with Crippen molar-refractivity contribution in [2.24, 2.45) is 5.73 Å². The zero-order valence-corrected chi connectivity index (χ0v) is 11.4. The Balaban J connectivity index is 2.16. The highest BCUT2D eigenvalue weighted by atomic mass is 19.1. The summed E-state index contributed by atoms with van der Waals surface area (Å²) < 4.78 is 12.9. The van der Waals surface area contributed by atoms with Crippen molar-refractivity contribution in [3.05, 3.63) is 65.5 Å². The number of hydrogen-bond donors (Lipinski definition) is 3. The van der Waals surface area contributed by atoms with Crippen LogP contribution in [0.5, 0.6) is 0 Å². The zero-order chi connectivity index (χ0) is 15.2. The summed E-state index contributed by atoms with van der Waals surface area (Å²) in [4.78, 5) is 11.6. The Kier molecular flexibility index (Phi) is 4.90. The van der Waals surface area contributed by atoms with Crippen molar-refractivity contribution < 1.29 is 14.3 Å². The molecule has 0 bridgehead atoms. The third-order valence-corrected chi connectivity index (χ3v) is 3.15. The summed E-state index contributed by atoms with van der Waals surface area (Å²) in [6.45, 7) is 0.0895. The van der Waals surface area contributed by atoms with Crippen molar-refractivity contribution in [1.82, 2.24) is 0 Å². The molecule has 2 rings (SSSR count). The fourth-order valence-electron chi connectivity index (χ4n) is 2.04. The van der Waals surface area contributed by atoms with Crippen molar-refractivity contribution in [3.63, 3.8) is 0 Å². The van der Waals surface area contributed by atoms with E-state index in [2.05, 4.69) is 5.32 Å². The Hall–Kier alpha value is -2.40. The summed E-state index contributed by atoms with van der Waals surface area (Å²) in [6, 6.07) is 12.2. The minimum Gasteiger partial charge on any atom is -0.396 e. The zero-order valence-electron chi connectivity index (χ0n) is 11.4. The highest BCUT2D eigenvalue weighted by Gasteiger charge is 2.17. The number of carbonyl (C=O) groups excluding carboxylic acids is 1. The summed E-state index contributed by atoms with van der Waals surface area (Å²) >= 11 is 0. The van der Waals surface area contributed by atoms with E-state index in [-0.39, 0.29) is 12.4 Å². The molecule has 4 N–H and O–H groups in total. The molecule has 0 spiro atoms. The number of nitrogens with two attached hydrogens (primary N) is 1. The van der Waals surface area contributed by atoms with E-state index in [1.807, 2.05) is 24.3 Å². The number of aliphatic hydroxyl groups excluding tert-OH is 1. The molecule has 0 aliphatic rings. The fraction of sp³-hybridized carbons (Fsp3) is 0.188. The van der Waals surface area contributed by atoms with Gasteiger partial charge in [0.1, 0.15) is 11.9 Å². The van der Waals surface area contributed by atoms with E-state index in [1.54, 1.807) is 0 Å². The van der Waals surface area contributed by atoms with Crippen molar-refractivity contribution in [2.75, 3.05) is 11.9 Å². The highest BCUT2D eigenvalue weighted by Crippen LogP contribution is 2.20. The average Bonchev–Trinajstić information content (AvgIpc) is 2.47. The molecule has 0 heterocycles. The van der Waals surface area contributed by atoms with Gasteiger partial charge in [-0.25, -0.2) is 4.39 Å². The van der Waals surface area contributed by atoms with Gasteiger partial charge >= 0.3 is 0 Å². The summed E-state index contributed by atoms with van der Waals surface area (Å²) in [5.41, 5.74) is 7.73. The van der Waals surface area contributed by atoms with Gasteiger partial charge in [0.05, 0.1) is 0 Å². The topological polar surface area (TPSA) is 75.4 Å². The van der Waals surface area contributed by atoms with Crippen LogP contribution in [0.3, 0.4) is 0 Å². The van der Waals surface area contributed by atoms with E-state index in [0.29, 0.717) is 12.0 Å². The number of amides is 1. The van der Waals surface area contributed by atoms with Crippen LogP contribution in [-0.4, -0.2) is 17.6 Å². The van der Waals surface area contributed by atoms with E-state index in [9.17, 15) is 9.18 Å². The molecule has 0 fully saturated rings. The molecule has 0 saturated carbocycles. The Morgan fingerprint density at radius 2 is 1.76 bits per heavy atom. The van der Waals surface area contributed by atoms with Crippen molar-refractivity contribution in [2.45, 2.75) is 12.5 Å². The lowest BCUT2D eigenvalue weighted by atomic mass is 10.1. The van der Waals surface area contributed by atoms with Gasteiger partial charge in [0.15, 0.2) is 0 Å². The molecule has 0 saturated heterocycles. The third-order valence-electron chi connectivity index (χ3n) is 3.15. The minimum absolute atomic E-state index is 0.0895. The van der Waals surface area contributed by atoms with E-state index in [0.717, 1.165) is 11.3 Å². The van der Waals surface area contributed by atoms with E-state index < -0.39 is 11.9 Å². The maximum atomic E-state index is 12.9. The molecular weight excluding hydrogens is 271 g/mol. The second-order valence-corrected chi connectivity index (χ2v) is 4.70. The second-order valence-electron chi connectivity index (χ2n) is 4.70. The molecule has 0 aromatic heterocycles. The molecule has 0 radical (unpaired) electrons. The summed E-state index contributed by atoms with van der Waals surface area (Å²) in [5.74, 6) is -0.906. The standard InChI is InChI=1S/C16H17FN2O2/c17-13-5-3-12(4-6-13)15(16(18)21)19-14-7-1-11(2-8-14)9-10-20/h1-8,15,19-20H,9-10H2,(H2,18,21). The Labute approximate surface area is 122 Å². The average molecular weight is 288 g/mol. The number of benzene rings is 2. The van der Waals surface area contributed by atoms with Crippen LogP contribution >= 0.6 is 0 Å². The lowest BCUT2D eigenvalue weighted by molar-refractivity contribution is -0.118. The molecule has 0 aliphatic heterocycles. The minimum atomic E-state index is -0.728. The first kappa shape index (κ1) is 15.0. The fourth-order valence-corrected chi connectivity index (χ4v) is 2.04. The van der Waals surface area contributed by atoms with E-state index >= 15 is 0 Å². The number of rotatable bonds is 6. The van der Waals surface area contributed by atoms with Crippen LogP contribution in [0.1, 0.15) is 17.2 Å².